The lowest BCUT2D eigenvalue weighted by molar-refractivity contribution is -0.126. The molecule has 0 aliphatic heterocycles. The lowest BCUT2D eigenvalue weighted by Crippen LogP contribution is -2.26. The number of rotatable bonds is 5. The number of Topliss-reactive ketones (excluding diaryl/α,β-unsaturated/α-hetero) is 1. The molecule has 0 atom stereocenters. The van der Waals surface area contributed by atoms with Crippen molar-refractivity contribution in [1.29, 1.82) is 0 Å². The summed E-state index contributed by atoms with van der Waals surface area (Å²) in [6, 6.07) is 0. The van der Waals surface area contributed by atoms with Crippen molar-refractivity contribution in [3.63, 3.8) is 0 Å². The van der Waals surface area contributed by atoms with Crippen LogP contribution in [0.25, 0.3) is 0 Å². The molecule has 0 radical (unpaired) electrons. The van der Waals surface area contributed by atoms with Crippen LogP contribution in [0.2, 0.25) is 0 Å². The Morgan fingerprint density at radius 3 is 2.00 bits per heavy atom. The Morgan fingerprint density at radius 2 is 1.60 bits per heavy atom. The molecule has 0 aliphatic rings. The van der Waals surface area contributed by atoms with Gasteiger partial charge in [-0.1, -0.05) is 27.0 Å². The number of hydrogen-bond acceptors (Lipinski definition) is 1. The van der Waals surface area contributed by atoms with Crippen molar-refractivity contribution < 1.29 is 4.79 Å². The first-order chi connectivity index (χ1) is 6.75. The standard InChI is InChI=1S/C14H20O/c1-7-9-13(3,4)11-12(15)14(5,6)10-8-2/h9-10H,1-2,11H2,3-6H3. The minimum atomic E-state index is -0.492. The fourth-order valence-corrected chi connectivity index (χ4v) is 1.30. The molecule has 0 saturated heterocycles. The summed E-state index contributed by atoms with van der Waals surface area (Å²) in [4.78, 5) is 12.0. The molecule has 0 amide bonds. The van der Waals surface area contributed by atoms with Crippen molar-refractivity contribution >= 4 is 5.78 Å². The Balaban J connectivity index is 4.77. The van der Waals surface area contributed by atoms with Crippen molar-refractivity contribution in [3.05, 3.63) is 36.8 Å². The highest BCUT2D eigenvalue weighted by Crippen LogP contribution is 2.29. The predicted octanol–water partition coefficient (Wildman–Crippen LogP) is 3.68. The van der Waals surface area contributed by atoms with E-state index in [1.807, 2.05) is 33.8 Å². The SMILES string of the molecule is C=C=CC(C)(C)CC(=O)C(C)(C)C=C=C. The smallest absolute Gasteiger partial charge is 0.143 e. The first kappa shape index (κ1) is 13.7. The first-order valence-corrected chi connectivity index (χ1v) is 5.02. The summed E-state index contributed by atoms with van der Waals surface area (Å²) < 4.78 is 0. The van der Waals surface area contributed by atoms with E-state index in [4.69, 9.17) is 0 Å². The van der Waals surface area contributed by atoms with E-state index in [9.17, 15) is 4.79 Å². The summed E-state index contributed by atoms with van der Waals surface area (Å²) in [5.41, 5.74) is 4.72. The van der Waals surface area contributed by atoms with Crippen molar-refractivity contribution in [2.45, 2.75) is 34.1 Å². The molecule has 0 fully saturated rings. The minimum absolute atomic E-state index is 0.176. The van der Waals surface area contributed by atoms with E-state index >= 15 is 0 Å². The second kappa shape index (κ2) is 4.98. The molecule has 0 aliphatic carbocycles. The van der Waals surface area contributed by atoms with Gasteiger partial charge < -0.3 is 0 Å². The number of carbonyl (C=O) groups is 1. The quantitative estimate of drug-likeness (QED) is 0.624. The van der Waals surface area contributed by atoms with Crippen LogP contribution < -0.4 is 0 Å². The summed E-state index contributed by atoms with van der Waals surface area (Å²) in [7, 11) is 0. The fourth-order valence-electron chi connectivity index (χ4n) is 1.30. The average Bonchev–Trinajstić information content (AvgIpc) is 2.02. The van der Waals surface area contributed by atoms with Gasteiger partial charge in [-0.3, -0.25) is 4.79 Å². The third-order valence-corrected chi connectivity index (χ3v) is 2.29. The van der Waals surface area contributed by atoms with E-state index in [0.29, 0.717) is 6.42 Å². The Labute approximate surface area is 92.9 Å². The molecule has 0 heterocycles. The Bertz CT molecular complexity index is 332. The van der Waals surface area contributed by atoms with Gasteiger partial charge in [-0.05, 0) is 31.4 Å². The van der Waals surface area contributed by atoms with Crippen LogP contribution in [0, 0.1) is 10.8 Å². The maximum absolute atomic E-state index is 12.0. The topological polar surface area (TPSA) is 17.1 Å². The Hall–Kier alpha value is -1.29. The lowest BCUT2D eigenvalue weighted by Gasteiger charge is -2.24. The summed E-state index contributed by atoms with van der Waals surface area (Å²) in [5.74, 6) is 0.176. The van der Waals surface area contributed by atoms with Gasteiger partial charge in [0.2, 0.25) is 0 Å². The largest absolute Gasteiger partial charge is 0.299 e. The van der Waals surface area contributed by atoms with Crippen molar-refractivity contribution in [1.82, 2.24) is 0 Å². The van der Waals surface area contributed by atoms with Crippen LogP contribution in [0.4, 0.5) is 0 Å². The highest BCUT2D eigenvalue weighted by Gasteiger charge is 2.29. The second-order valence-electron chi connectivity index (χ2n) is 5.01. The van der Waals surface area contributed by atoms with E-state index in [1.54, 1.807) is 6.08 Å². The van der Waals surface area contributed by atoms with Crippen molar-refractivity contribution in [3.8, 4) is 0 Å². The molecule has 0 bridgehead atoms. The fraction of sp³-hybridized carbons (Fsp3) is 0.500. The van der Waals surface area contributed by atoms with E-state index in [1.165, 1.54) is 0 Å². The predicted molar refractivity (Wildman–Crippen MR) is 64.6 cm³/mol. The third kappa shape index (κ3) is 4.65. The lowest BCUT2D eigenvalue weighted by atomic mass is 9.78. The molecule has 82 valence electrons. The van der Waals surface area contributed by atoms with Crippen LogP contribution in [0.5, 0.6) is 0 Å². The summed E-state index contributed by atoms with van der Waals surface area (Å²) in [6.45, 7) is 14.8. The highest BCUT2D eigenvalue weighted by atomic mass is 16.1. The van der Waals surface area contributed by atoms with Gasteiger partial charge in [-0.2, -0.15) is 0 Å². The van der Waals surface area contributed by atoms with Crippen LogP contribution in [-0.2, 0) is 4.79 Å². The average molecular weight is 204 g/mol. The van der Waals surface area contributed by atoms with Gasteiger partial charge >= 0.3 is 0 Å². The zero-order chi connectivity index (χ0) is 12.1. The van der Waals surface area contributed by atoms with E-state index < -0.39 is 5.41 Å². The molecule has 1 nitrogen and oxygen atoms in total. The Kier molecular flexibility index (Phi) is 4.55. The molecule has 0 aromatic carbocycles. The van der Waals surface area contributed by atoms with Crippen LogP contribution >= 0.6 is 0 Å². The molecule has 1 heteroatoms. The zero-order valence-electron chi connectivity index (χ0n) is 10.2. The molecule has 0 aromatic rings. The van der Waals surface area contributed by atoms with Gasteiger partial charge in [-0.15, -0.1) is 11.5 Å². The van der Waals surface area contributed by atoms with E-state index in [0.717, 1.165) is 0 Å². The van der Waals surface area contributed by atoms with Crippen LogP contribution in [-0.4, -0.2) is 5.78 Å². The number of hydrogen-bond donors (Lipinski definition) is 0. The molecule has 0 saturated carbocycles. The van der Waals surface area contributed by atoms with E-state index in [-0.39, 0.29) is 11.2 Å². The Morgan fingerprint density at radius 1 is 1.13 bits per heavy atom. The van der Waals surface area contributed by atoms with Crippen LogP contribution in [0.1, 0.15) is 34.1 Å². The van der Waals surface area contributed by atoms with Crippen molar-refractivity contribution in [2.24, 2.45) is 10.8 Å². The van der Waals surface area contributed by atoms with Gasteiger partial charge in [0.15, 0.2) is 0 Å². The van der Waals surface area contributed by atoms with Gasteiger partial charge in [0, 0.05) is 11.8 Å². The molecule has 0 N–H and O–H groups in total. The first-order valence-electron chi connectivity index (χ1n) is 5.02. The van der Waals surface area contributed by atoms with Gasteiger partial charge in [0.25, 0.3) is 0 Å². The van der Waals surface area contributed by atoms with Crippen LogP contribution in [0.15, 0.2) is 36.8 Å². The maximum atomic E-state index is 12.0. The third-order valence-electron chi connectivity index (χ3n) is 2.29. The minimum Gasteiger partial charge on any atom is -0.299 e. The highest BCUT2D eigenvalue weighted by molar-refractivity contribution is 5.86. The van der Waals surface area contributed by atoms with Crippen molar-refractivity contribution in [2.75, 3.05) is 0 Å². The summed E-state index contributed by atoms with van der Waals surface area (Å²) in [5, 5.41) is 0. The molecule has 0 aromatic heterocycles. The molecule has 15 heavy (non-hydrogen) atoms. The molecule has 0 rings (SSSR count). The summed E-state index contributed by atoms with van der Waals surface area (Å²) >= 11 is 0. The monoisotopic (exact) mass is 204 g/mol. The second-order valence-corrected chi connectivity index (χ2v) is 5.01. The number of ketones is 1. The normalized spacial score (nSPS) is 11.2. The van der Waals surface area contributed by atoms with Gasteiger partial charge in [0.05, 0.1) is 0 Å². The number of allylic oxidation sites excluding steroid dienone is 2. The molecular weight excluding hydrogens is 184 g/mol. The molecule has 0 unspecified atom stereocenters. The van der Waals surface area contributed by atoms with Gasteiger partial charge in [-0.25, -0.2) is 0 Å². The van der Waals surface area contributed by atoms with Crippen LogP contribution in [0.3, 0.4) is 0 Å². The van der Waals surface area contributed by atoms with Gasteiger partial charge in [0.1, 0.15) is 5.78 Å². The van der Waals surface area contributed by atoms with E-state index in [2.05, 4.69) is 24.6 Å². The molecular formula is C14H20O. The zero-order valence-corrected chi connectivity index (χ0v) is 10.2. The summed E-state index contributed by atoms with van der Waals surface area (Å²) in [6.07, 6.45) is 4.02. The molecule has 0 spiro atoms. The maximum Gasteiger partial charge on any atom is 0.143 e. The number of carbonyl (C=O) groups excluding carboxylic acids is 1.